The third-order valence-electron chi connectivity index (χ3n) is 3.00. The van der Waals surface area contributed by atoms with Crippen molar-refractivity contribution in [2.24, 2.45) is 12.8 Å². The first kappa shape index (κ1) is 14.1. The van der Waals surface area contributed by atoms with Gasteiger partial charge in [-0.1, -0.05) is 23.7 Å². The number of aryl methyl sites for hydroxylation is 1. The minimum Gasteiger partial charge on any atom is -0.326 e. The summed E-state index contributed by atoms with van der Waals surface area (Å²) in [6, 6.07) is 6.01. The van der Waals surface area contributed by atoms with Crippen LogP contribution < -0.4 is 5.73 Å². The first-order valence-corrected chi connectivity index (χ1v) is 6.59. The highest BCUT2D eigenvalue weighted by molar-refractivity contribution is 6.31. The molecule has 0 aliphatic heterocycles. The fourth-order valence-electron chi connectivity index (χ4n) is 2.06. The van der Waals surface area contributed by atoms with Crippen molar-refractivity contribution in [1.29, 1.82) is 0 Å². The highest BCUT2D eigenvalue weighted by atomic mass is 35.5. The topological polar surface area (TPSA) is 47.1 Å². The quantitative estimate of drug-likeness (QED) is 0.912. The fraction of sp³-hybridized carbons (Fsp3) is 0.357. The van der Waals surface area contributed by atoms with E-state index in [1.807, 2.05) is 42.3 Å². The van der Waals surface area contributed by atoms with Crippen molar-refractivity contribution in [1.82, 2.24) is 14.7 Å². The minimum atomic E-state index is 0.519. The standard InChI is InChI=1S/C14H19ClN4/c1-18(8-12-7-17-19(2)9-12)10-13-4-3-11(6-16)5-14(13)15/h3-5,7,9H,6,8,10,16H2,1-2H3. The number of rotatable bonds is 5. The number of nitrogens with zero attached hydrogens (tertiary/aromatic N) is 3. The van der Waals surface area contributed by atoms with E-state index >= 15 is 0 Å². The summed E-state index contributed by atoms with van der Waals surface area (Å²) in [5.41, 5.74) is 8.97. The second kappa shape index (κ2) is 6.19. The lowest BCUT2D eigenvalue weighted by molar-refractivity contribution is 0.319. The highest BCUT2D eigenvalue weighted by Crippen LogP contribution is 2.19. The van der Waals surface area contributed by atoms with E-state index < -0.39 is 0 Å². The fourth-order valence-corrected chi connectivity index (χ4v) is 2.32. The van der Waals surface area contributed by atoms with Crippen LogP contribution in [0.3, 0.4) is 0 Å². The molecule has 2 N–H and O–H groups in total. The third kappa shape index (κ3) is 3.80. The van der Waals surface area contributed by atoms with Gasteiger partial charge >= 0.3 is 0 Å². The smallest absolute Gasteiger partial charge is 0.0534 e. The minimum absolute atomic E-state index is 0.519. The predicted octanol–water partition coefficient (Wildman–Crippen LogP) is 2.16. The molecule has 0 saturated carbocycles. The van der Waals surface area contributed by atoms with Crippen molar-refractivity contribution < 1.29 is 0 Å². The van der Waals surface area contributed by atoms with Crippen molar-refractivity contribution in [3.05, 3.63) is 52.3 Å². The van der Waals surface area contributed by atoms with Gasteiger partial charge < -0.3 is 5.73 Å². The number of hydrogen-bond acceptors (Lipinski definition) is 3. The maximum Gasteiger partial charge on any atom is 0.0534 e. The molecule has 102 valence electrons. The van der Waals surface area contributed by atoms with Gasteiger partial charge in [-0.25, -0.2) is 0 Å². The van der Waals surface area contributed by atoms with E-state index in [1.165, 1.54) is 5.56 Å². The van der Waals surface area contributed by atoms with Crippen molar-refractivity contribution in [3.63, 3.8) is 0 Å². The van der Waals surface area contributed by atoms with Gasteiger partial charge in [0.1, 0.15) is 0 Å². The van der Waals surface area contributed by atoms with Crippen LogP contribution in [-0.2, 0) is 26.7 Å². The molecule has 0 unspecified atom stereocenters. The van der Waals surface area contributed by atoms with E-state index in [4.69, 9.17) is 17.3 Å². The van der Waals surface area contributed by atoms with Crippen LogP contribution in [0.1, 0.15) is 16.7 Å². The van der Waals surface area contributed by atoms with Crippen LogP contribution in [0.5, 0.6) is 0 Å². The normalized spacial score (nSPS) is 11.2. The number of aromatic nitrogens is 2. The number of nitrogens with two attached hydrogens (primary N) is 1. The van der Waals surface area contributed by atoms with Crippen molar-refractivity contribution in [3.8, 4) is 0 Å². The second-order valence-electron chi connectivity index (χ2n) is 4.82. The van der Waals surface area contributed by atoms with Gasteiger partial charge in [0.05, 0.1) is 6.20 Å². The molecule has 0 bridgehead atoms. The van der Waals surface area contributed by atoms with Gasteiger partial charge in [0.2, 0.25) is 0 Å². The summed E-state index contributed by atoms with van der Waals surface area (Å²) >= 11 is 6.26. The molecule has 0 aliphatic rings. The average Bonchev–Trinajstić information content (AvgIpc) is 2.77. The molecule has 0 saturated heterocycles. The van der Waals surface area contributed by atoms with E-state index in [0.29, 0.717) is 6.54 Å². The average molecular weight is 279 g/mol. The van der Waals surface area contributed by atoms with E-state index in [2.05, 4.69) is 17.0 Å². The van der Waals surface area contributed by atoms with Gasteiger partial charge in [0.25, 0.3) is 0 Å². The Balaban J connectivity index is 2.00. The van der Waals surface area contributed by atoms with Crippen molar-refractivity contribution in [2.45, 2.75) is 19.6 Å². The largest absolute Gasteiger partial charge is 0.326 e. The molecule has 4 nitrogen and oxygen atoms in total. The lowest BCUT2D eigenvalue weighted by atomic mass is 10.1. The van der Waals surface area contributed by atoms with E-state index in [0.717, 1.165) is 29.2 Å². The molecule has 0 amide bonds. The highest BCUT2D eigenvalue weighted by Gasteiger charge is 2.07. The Bertz CT molecular complexity index is 550. The SMILES string of the molecule is CN(Cc1cnn(C)c1)Cc1ccc(CN)cc1Cl. The summed E-state index contributed by atoms with van der Waals surface area (Å²) < 4.78 is 1.81. The van der Waals surface area contributed by atoms with Gasteiger partial charge in [0, 0.05) is 43.5 Å². The lowest BCUT2D eigenvalue weighted by Gasteiger charge is -2.17. The molecular weight excluding hydrogens is 260 g/mol. The second-order valence-corrected chi connectivity index (χ2v) is 5.23. The molecule has 0 atom stereocenters. The summed E-state index contributed by atoms with van der Waals surface area (Å²) in [5, 5.41) is 4.95. The Kier molecular flexibility index (Phi) is 4.58. The van der Waals surface area contributed by atoms with Crippen molar-refractivity contribution >= 4 is 11.6 Å². The van der Waals surface area contributed by atoms with Crippen molar-refractivity contribution in [2.75, 3.05) is 7.05 Å². The van der Waals surface area contributed by atoms with Crippen LogP contribution in [0.25, 0.3) is 0 Å². The zero-order chi connectivity index (χ0) is 13.8. The molecule has 5 heteroatoms. The molecule has 2 rings (SSSR count). The molecule has 19 heavy (non-hydrogen) atoms. The van der Waals surface area contributed by atoms with Crippen LogP contribution >= 0.6 is 11.6 Å². The van der Waals surface area contributed by atoms with Crippen LogP contribution in [0.2, 0.25) is 5.02 Å². The summed E-state index contributed by atoms with van der Waals surface area (Å²) in [7, 11) is 3.99. The maximum atomic E-state index is 6.26. The molecule has 1 aromatic carbocycles. The molecular formula is C14H19ClN4. The number of halogens is 1. The Morgan fingerprint density at radius 3 is 2.68 bits per heavy atom. The van der Waals surface area contributed by atoms with E-state index in [1.54, 1.807) is 0 Å². The van der Waals surface area contributed by atoms with Gasteiger partial charge in [-0.15, -0.1) is 0 Å². The Morgan fingerprint density at radius 2 is 2.11 bits per heavy atom. The molecule has 2 aromatic rings. The Hall–Kier alpha value is -1.36. The first-order chi connectivity index (χ1) is 9.08. The lowest BCUT2D eigenvalue weighted by Crippen LogP contribution is -2.17. The number of benzene rings is 1. The van der Waals surface area contributed by atoms with Crippen LogP contribution in [0.15, 0.2) is 30.6 Å². The van der Waals surface area contributed by atoms with Gasteiger partial charge in [-0.3, -0.25) is 9.58 Å². The summed E-state index contributed by atoms with van der Waals surface area (Å²) in [5.74, 6) is 0. The monoisotopic (exact) mass is 278 g/mol. The van der Waals surface area contributed by atoms with Crippen LogP contribution in [0.4, 0.5) is 0 Å². The molecule has 0 spiro atoms. The molecule has 0 fully saturated rings. The zero-order valence-corrected chi connectivity index (χ0v) is 12.1. The summed E-state index contributed by atoms with van der Waals surface area (Å²) in [6.07, 6.45) is 3.91. The predicted molar refractivity (Wildman–Crippen MR) is 77.7 cm³/mol. The van der Waals surface area contributed by atoms with Gasteiger partial charge in [-0.05, 0) is 24.2 Å². The maximum absolute atomic E-state index is 6.26. The zero-order valence-electron chi connectivity index (χ0n) is 11.3. The molecule has 1 aromatic heterocycles. The van der Waals surface area contributed by atoms with Crippen LogP contribution in [-0.4, -0.2) is 21.7 Å². The number of hydrogen-bond donors (Lipinski definition) is 1. The van der Waals surface area contributed by atoms with E-state index in [9.17, 15) is 0 Å². The summed E-state index contributed by atoms with van der Waals surface area (Å²) in [4.78, 5) is 2.21. The Morgan fingerprint density at radius 1 is 1.32 bits per heavy atom. The molecule has 0 radical (unpaired) electrons. The molecule has 1 heterocycles. The Labute approximate surface area is 118 Å². The van der Waals surface area contributed by atoms with Crippen LogP contribution in [0, 0.1) is 0 Å². The summed E-state index contributed by atoms with van der Waals surface area (Å²) in [6.45, 7) is 2.17. The molecule has 0 aliphatic carbocycles. The third-order valence-corrected chi connectivity index (χ3v) is 3.36. The van der Waals surface area contributed by atoms with E-state index in [-0.39, 0.29) is 0 Å². The first-order valence-electron chi connectivity index (χ1n) is 6.22. The van der Waals surface area contributed by atoms with Gasteiger partial charge in [0.15, 0.2) is 0 Å². The van der Waals surface area contributed by atoms with Gasteiger partial charge in [-0.2, -0.15) is 5.10 Å².